The molecule has 0 aliphatic carbocycles. The van der Waals surface area contributed by atoms with Gasteiger partial charge in [-0.05, 0) is 6.66 Å². The Morgan fingerprint density at radius 2 is 1.21 bits per heavy atom. The Labute approximate surface area is 182 Å². The Hall–Kier alpha value is 0.349. The molecular weight excluding hydrogens is 449 g/mol. The molecule has 1 fully saturated rings. The molecule has 170 valence electrons. The first-order chi connectivity index (χ1) is 13.2. The van der Waals surface area contributed by atoms with Gasteiger partial charge in [-0.3, -0.25) is 14.7 Å². The standard InChI is InChI=1S/C16H34N3O8P.Fe/c1-28(26,27)12-17-2-4-18(13(8-20)15(24)10-22)6-7-19(5-3-17)14(9-21)16(25)11-23;/h13-16,22-25H,2-12H2,1H3,(H,26,27);/q-2;+6/p-1/t13-,14-,15-,16-;/m1./s1. The fourth-order valence-electron chi connectivity index (χ4n) is 3.46. The molecule has 0 amide bonds. The van der Waals surface area contributed by atoms with Gasteiger partial charge in [0.05, 0.1) is 25.4 Å². The molecule has 0 aromatic rings. The van der Waals surface area contributed by atoms with E-state index in [9.17, 15) is 40.1 Å². The SMILES string of the molecule is CP(=O)([O-])CN1CCN([C@H](C[O-])[C@H](O)CO)CCN([C@H](C[O-])[C@H](O)CO)CC1.[Fe+6]. The van der Waals surface area contributed by atoms with E-state index < -0.39 is 58.1 Å². The number of nitrogens with zero attached hydrogens (tertiary/aromatic N) is 3. The van der Waals surface area contributed by atoms with Gasteiger partial charge in [0.2, 0.25) is 0 Å². The zero-order valence-electron chi connectivity index (χ0n) is 16.7. The van der Waals surface area contributed by atoms with E-state index in [1.165, 1.54) is 0 Å². The summed E-state index contributed by atoms with van der Waals surface area (Å²) in [7, 11) is -3.60. The smallest absolute Gasteiger partial charge is 0.853 e. The van der Waals surface area contributed by atoms with Crippen molar-refractivity contribution in [1.29, 1.82) is 0 Å². The van der Waals surface area contributed by atoms with E-state index in [0.717, 1.165) is 6.66 Å². The molecule has 1 unspecified atom stereocenters. The minimum atomic E-state index is -3.60. The van der Waals surface area contributed by atoms with Crippen LogP contribution in [-0.4, -0.2) is 138 Å². The molecule has 1 rings (SSSR count). The van der Waals surface area contributed by atoms with E-state index in [0.29, 0.717) is 26.2 Å². The Morgan fingerprint density at radius 1 is 0.862 bits per heavy atom. The van der Waals surface area contributed by atoms with Crippen LogP contribution in [0.5, 0.6) is 0 Å². The second kappa shape index (κ2) is 14.4. The quantitative estimate of drug-likeness (QED) is 0.172. The van der Waals surface area contributed by atoms with Gasteiger partial charge in [0, 0.05) is 65.0 Å². The zero-order valence-corrected chi connectivity index (χ0v) is 18.7. The van der Waals surface area contributed by atoms with E-state index >= 15 is 0 Å². The summed E-state index contributed by atoms with van der Waals surface area (Å²) in [4.78, 5) is 16.8. The average molecular weight is 482 g/mol. The van der Waals surface area contributed by atoms with Crippen molar-refractivity contribution in [1.82, 2.24) is 14.7 Å². The molecule has 5 atom stereocenters. The molecule has 1 heterocycles. The summed E-state index contributed by atoms with van der Waals surface area (Å²) < 4.78 is 11.7. The van der Waals surface area contributed by atoms with E-state index in [4.69, 9.17) is 0 Å². The van der Waals surface area contributed by atoms with Crippen molar-refractivity contribution in [3.8, 4) is 0 Å². The molecular formula is C16H33FeN3O8P+3. The van der Waals surface area contributed by atoms with Gasteiger partial charge in [0.25, 0.3) is 0 Å². The van der Waals surface area contributed by atoms with Gasteiger partial charge in [0.1, 0.15) is 0 Å². The van der Waals surface area contributed by atoms with Crippen LogP contribution in [0.2, 0.25) is 0 Å². The minimum absolute atomic E-state index is 0. The largest absolute Gasteiger partial charge is 6.00 e. The summed E-state index contributed by atoms with van der Waals surface area (Å²) in [6.07, 6.45) is -2.66. The maximum absolute atomic E-state index is 11.7. The molecule has 0 radical (unpaired) electrons. The molecule has 0 saturated carbocycles. The van der Waals surface area contributed by atoms with Crippen LogP contribution < -0.4 is 15.1 Å². The summed E-state index contributed by atoms with van der Waals surface area (Å²) >= 11 is 0. The van der Waals surface area contributed by atoms with Crippen LogP contribution in [0.4, 0.5) is 0 Å². The van der Waals surface area contributed by atoms with Crippen LogP contribution in [0.1, 0.15) is 0 Å². The second-order valence-corrected chi connectivity index (χ2v) is 9.62. The fourth-order valence-corrected chi connectivity index (χ4v) is 4.47. The van der Waals surface area contributed by atoms with Crippen LogP contribution in [0.15, 0.2) is 0 Å². The zero-order chi connectivity index (χ0) is 21.3. The van der Waals surface area contributed by atoms with Gasteiger partial charge in [0.15, 0.2) is 0 Å². The summed E-state index contributed by atoms with van der Waals surface area (Å²) in [5, 5.41) is 61.6. The van der Waals surface area contributed by atoms with Crippen molar-refractivity contribution in [3.05, 3.63) is 0 Å². The minimum Gasteiger partial charge on any atom is -0.853 e. The van der Waals surface area contributed by atoms with Gasteiger partial charge in [-0.2, -0.15) is 0 Å². The first-order valence-electron chi connectivity index (χ1n) is 9.38. The van der Waals surface area contributed by atoms with Crippen molar-refractivity contribution in [2.45, 2.75) is 24.3 Å². The van der Waals surface area contributed by atoms with Crippen molar-refractivity contribution >= 4 is 7.37 Å². The topological polar surface area (TPSA) is 177 Å². The molecule has 13 heteroatoms. The molecule has 29 heavy (non-hydrogen) atoms. The van der Waals surface area contributed by atoms with Crippen LogP contribution >= 0.6 is 7.37 Å². The van der Waals surface area contributed by atoms with Gasteiger partial charge < -0.3 is 40.1 Å². The summed E-state index contributed by atoms with van der Waals surface area (Å²) in [5.41, 5.74) is 0. The summed E-state index contributed by atoms with van der Waals surface area (Å²) in [5.74, 6) is 0. The van der Waals surface area contributed by atoms with Crippen molar-refractivity contribution in [2.75, 3.05) is 78.6 Å². The Bertz CT molecular complexity index is 459. The average Bonchev–Trinajstić information content (AvgIpc) is 2.73. The first kappa shape index (κ1) is 29.3. The third-order valence-corrected chi connectivity index (χ3v) is 5.99. The molecule has 0 aromatic heterocycles. The molecule has 0 aromatic carbocycles. The van der Waals surface area contributed by atoms with Crippen LogP contribution in [0.3, 0.4) is 0 Å². The number of hydrogen-bond acceptors (Lipinski definition) is 11. The van der Waals surface area contributed by atoms with Crippen LogP contribution in [-0.2, 0) is 21.6 Å². The van der Waals surface area contributed by atoms with Gasteiger partial charge in [-0.25, -0.2) is 0 Å². The van der Waals surface area contributed by atoms with Crippen LogP contribution in [0.25, 0.3) is 0 Å². The molecule has 0 spiro atoms. The van der Waals surface area contributed by atoms with Crippen molar-refractivity contribution in [2.24, 2.45) is 0 Å². The summed E-state index contributed by atoms with van der Waals surface area (Å²) in [6, 6.07) is -1.72. The number of aliphatic hydroxyl groups is 4. The molecule has 1 aliphatic heterocycles. The van der Waals surface area contributed by atoms with Crippen molar-refractivity contribution in [3.63, 3.8) is 0 Å². The Kier molecular flexibility index (Phi) is 14.6. The number of rotatable bonds is 10. The Morgan fingerprint density at radius 3 is 1.48 bits per heavy atom. The molecule has 1 saturated heterocycles. The monoisotopic (exact) mass is 482 g/mol. The van der Waals surface area contributed by atoms with Gasteiger partial charge in [-0.15, -0.1) is 13.2 Å². The van der Waals surface area contributed by atoms with E-state index in [-0.39, 0.29) is 36.4 Å². The third-order valence-electron chi connectivity index (χ3n) is 5.08. The van der Waals surface area contributed by atoms with Gasteiger partial charge in [-0.1, -0.05) is 0 Å². The molecule has 0 bridgehead atoms. The van der Waals surface area contributed by atoms with E-state index in [1.54, 1.807) is 14.7 Å². The molecule has 4 N–H and O–H groups in total. The number of aliphatic hydroxyl groups excluding tert-OH is 4. The first-order valence-corrected chi connectivity index (χ1v) is 11.6. The van der Waals surface area contributed by atoms with E-state index in [2.05, 4.69) is 0 Å². The normalized spacial score (nSPS) is 24.3. The predicted molar refractivity (Wildman–Crippen MR) is 96.6 cm³/mol. The second-order valence-electron chi connectivity index (χ2n) is 7.31. The summed E-state index contributed by atoms with van der Waals surface area (Å²) in [6.45, 7) is 0.523. The molecule has 1 aliphatic rings. The fraction of sp³-hybridized carbons (Fsp3) is 1.00. The predicted octanol–water partition coefficient (Wildman–Crippen LogP) is -5.71. The van der Waals surface area contributed by atoms with E-state index in [1.807, 2.05) is 0 Å². The maximum atomic E-state index is 11.7. The molecule has 11 nitrogen and oxygen atoms in total. The Balaban J connectivity index is 0.00000784. The third kappa shape index (κ3) is 10.0. The van der Waals surface area contributed by atoms with Crippen LogP contribution in [0, 0.1) is 0 Å². The number of hydrogen-bond donors (Lipinski definition) is 4. The maximum Gasteiger partial charge on any atom is 6.00 e. The van der Waals surface area contributed by atoms with Crippen molar-refractivity contribution < 1.29 is 57.2 Å². The van der Waals surface area contributed by atoms with Gasteiger partial charge >= 0.3 is 17.1 Å².